The van der Waals surface area contributed by atoms with Gasteiger partial charge in [-0.15, -0.1) is 0 Å². The number of furan rings is 1. The summed E-state index contributed by atoms with van der Waals surface area (Å²) in [6, 6.07) is 13.0. The smallest absolute Gasteiger partial charge is 0.228 e. The monoisotopic (exact) mass is 312 g/mol. The van der Waals surface area contributed by atoms with Crippen LogP contribution >= 0.6 is 0 Å². The number of hydrogen-bond donors (Lipinski definition) is 2. The van der Waals surface area contributed by atoms with E-state index in [2.05, 4.69) is 20.5 Å². The summed E-state index contributed by atoms with van der Waals surface area (Å²) in [4.78, 5) is 16.1. The molecule has 0 aliphatic heterocycles. The van der Waals surface area contributed by atoms with Crippen LogP contribution in [0.5, 0.6) is 5.75 Å². The van der Waals surface area contributed by atoms with Gasteiger partial charge < -0.3 is 14.5 Å². The third kappa shape index (κ3) is 4.44. The lowest BCUT2D eigenvalue weighted by Gasteiger charge is -2.02. The number of aromatic amines is 1. The first kappa shape index (κ1) is 14.8. The molecule has 23 heavy (non-hydrogen) atoms. The molecule has 0 radical (unpaired) electrons. The second-order valence-corrected chi connectivity index (χ2v) is 4.83. The molecule has 118 valence electrons. The number of rotatable bonds is 7. The van der Waals surface area contributed by atoms with Gasteiger partial charge in [0.15, 0.2) is 11.6 Å². The zero-order chi connectivity index (χ0) is 15.9. The lowest BCUT2D eigenvalue weighted by molar-refractivity contribution is -0.120. The van der Waals surface area contributed by atoms with E-state index in [4.69, 9.17) is 9.15 Å². The van der Waals surface area contributed by atoms with Gasteiger partial charge in [0.2, 0.25) is 5.91 Å². The number of carbonyl (C=O) groups is 1. The molecular weight excluding hydrogens is 296 g/mol. The lowest BCUT2D eigenvalue weighted by Crippen LogP contribution is -2.24. The van der Waals surface area contributed by atoms with Crippen LogP contribution in [-0.4, -0.2) is 21.1 Å². The molecule has 0 aliphatic carbocycles. The molecular formula is C16H16N4O3. The van der Waals surface area contributed by atoms with E-state index in [9.17, 15) is 4.79 Å². The number of hydrogen-bond acceptors (Lipinski definition) is 5. The standard InChI is InChI=1S/C16H16N4O3/c21-16(17-10-13-7-4-8-22-13)9-14-18-15(20-19-14)11-23-12-5-2-1-3-6-12/h1-8H,9-11H2,(H,17,21)(H,18,19,20). The third-order valence-electron chi connectivity index (χ3n) is 3.06. The predicted molar refractivity (Wildman–Crippen MR) is 81.4 cm³/mol. The first-order valence-electron chi connectivity index (χ1n) is 7.16. The zero-order valence-corrected chi connectivity index (χ0v) is 12.4. The van der Waals surface area contributed by atoms with Crippen molar-refractivity contribution in [1.82, 2.24) is 20.5 Å². The molecule has 2 aromatic heterocycles. The minimum atomic E-state index is -0.170. The fourth-order valence-electron chi connectivity index (χ4n) is 1.95. The fraction of sp³-hybridized carbons (Fsp3) is 0.188. The Labute approximate surface area is 132 Å². The zero-order valence-electron chi connectivity index (χ0n) is 12.4. The Morgan fingerprint density at radius 3 is 2.87 bits per heavy atom. The number of nitrogens with one attached hydrogen (secondary N) is 2. The van der Waals surface area contributed by atoms with Crippen molar-refractivity contribution < 1.29 is 13.9 Å². The number of amides is 1. The van der Waals surface area contributed by atoms with Gasteiger partial charge in [0.1, 0.15) is 18.1 Å². The van der Waals surface area contributed by atoms with Crippen molar-refractivity contribution in [2.45, 2.75) is 19.6 Å². The Kier molecular flexibility index (Phi) is 4.68. The van der Waals surface area contributed by atoms with E-state index in [0.717, 1.165) is 5.75 Å². The molecule has 0 saturated heterocycles. The minimum absolute atomic E-state index is 0.0997. The molecule has 7 heteroatoms. The summed E-state index contributed by atoms with van der Waals surface area (Å²) in [5.74, 6) is 2.28. The maximum absolute atomic E-state index is 11.8. The first-order chi connectivity index (χ1) is 11.3. The van der Waals surface area contributed by atoms with E-state index in [1.807, 2.05) is 30.3 Å². The van der Waals surface area contributed by atoms with Gasteiger partial charge in [-0.05, 0) is 24.3 Å². The first-order valence-corrected chi connectivity index (χ1v) is 7.16. The van der Waals surface area contributed by atoms with Gasteiger partial charge in [0.05, 0.1) is 19.2 Å². The molecule has 1 aromatic carbocycles. The van der Waals surface area contributed by atoms with Crippen LogP contribution in [0.3, 0.4) is 0 Å². The molecule has 2 heterocycles. The minimum Gasteiger partial charge on any atom is -0.486 e. The number of benzene rings is 1. The highest BCUT2D eigenvalue weighted by atomic mass is 16.5. The maximum Gasteiger partial charge on any atom is 0.228 e. The predicted octanol–water partition coefficient (Wildman–Crippen LogP) is 1.84. The average molecular weight is 312 g/mol. The van der Waals surface area contributed by atoms with Gasteiger partial charge in [-0.1, -0.05) is 18.2 Å². The molecule has 0 fully saturated rings. The van der Waals surface area contributed by atoms with Crippen molar-refractivity contribution in [2.75, 3.05) is 0 Å². The molecule has 0 atom stereocenters. The van der Waals surface area contributed by atoms with Gasteiger partial charge in [-0.2, -0.15) is 5.10 Å². The van der Waals surface area contributed by atoms with Crippen LogP contribution in [0.4, 0.5) is 0 Å². The molecule has 7 nitrogen and oxygen atoms in total. The second kappa shape index (κ2) is 7.26. The highest BCUT2D eigenvalue weighted by molar-refractivity contribution is 5.77. The van der Waals surface area contributed by atoms with Crippen LogP contribution < -0.4 is 10.1 Å². The number of ether oxygens (including phenoxy) is 1. The van der Waals surface area contributed by atoms with E-state index in [0.29, 0.717) is 24.0 Å². The van der Waals surface area contributed by atoms with E-state index < -0.39 is 0 Å². The molecule has 0 spiro atoms. The van der Waals surface area contributed by atoms with Crippen LogP contribution in [0, 0.1) is 0 Å². The van der Waals surface area contributed by atoms with E-state index in [1.54, 1.807) is 18.4 Å². The van der Waals surface area contributed by atoms with Gasteiger partial charge in [-0.3, -0.25) is 9.89 Å². The summed E-state index contributed by atoms with van der Waals surface area (Å²) in [5, 5.41) is 9.52. The van der Waals surface area contributed by atoms with Crippen molar-refractivity contribution in [3.63, 3.8) is 0 Å². The maximum atomic E-state index is 11.8. The number of carbonyl (C=O) groups excluding carboxylic acids is 1. The van der Waals surface area contributed by atoms with Crippen molar-refractivity contribution in [3.05, 3.63) is 66.1 Å². The molecule has 0 unspecified atom stereocenters. The normalized spacial score (nSPS) is 10.4. The molecule has 1 amide bonds. The third-order valence-corrected chi connectivity index (χ3v) is 3.06. The van der Waals surface area contributed by atoms with Gasteiger partial charge >= 0.3 is 0 Å². The summed E-state index contributed by atoms with van der Waals surface area (Å²) >= 11 is 0. The van der Waals surface area contributed by atoms with Gasteiger partial charge in [0.25, 0.3) is 0 Å². The fourth-order valence-corrected chi connectivity index (χ4v) is 1.95. The number of aromatic nitrogens is 3. The number of nitrogens with zero attached hydrogens (tertiary/aromatic N) is 2. The summed E-state index contributed by atoms with van der Waals surface area (Å²) in [6.45, 7) is 0.616. The average Bonchev–Trinajstić information content (AvgIpc) is 3.24. The van der Waals surface area contributed by atoms with Crippen LogP contribution in [0.25, 0.3) is 0 Å². The molecule has 3 rings (SSSR count). The van der Waals surface area contributed by atoms with E-state index in [1.165, 1.54) is 0 Å². The van der Waals surface area contributed by atoms with Crippen LogP contribution in [0.2, 0.25) is 0 Å². The van der Waals surface area contributed by atoms with E-state index in [-0.39, 0.29) is 18.9 Å². The lowest BCUT2D eigenvalue weighted by atomic mass is 10.3. The Balaban J connectivity index is 1.46. The molecule has 0 bridgehead atoms. The second-order valence-electron chi connectivity index (χ2n) is 4.83. The molecule has 2 N–H and O–H groups in total. The largest absolute Gasteiger partial charge is 0.486 e. The molecule has 0 saturated carbocycles. The van der Waals surface area contributed by atoms with Gasteiger partial charge in [0, 0.05) is 0 Å². The molecule has 0 aliphatic rings. The quantitative estimate of drug-likeness (QED) is 0.694. The Morgan fingerprint density at radius 1 is 1.22 bits per heavy atom. The van der Waals surface area contributed by atoms with Crippen LogP contribution in [0.15, 0.2) is 53.1 Å². The molecule has 3 aromatic rings. The van der Waals surface area contributed by atoms with Crippen molar-refractivity contribution in [2.24, 2.45) is 0 Å². The SMILES string of the molecule is O=C(Cc1n[nH]c(COc2ccccc2)n1)NCc1ccco1. The van der Waals surface area contributed by atoms with Crippen LogP contribution in [0.1, 0.15) is 17.4 Å². The summed E-state index contributed by atoms with van der Waals surface area (Å²) in [7, 11) is 0. The Hall–Kier alpha value is -3.09. The van der Waals surface area contributed by atoms with Gasteiger partial charge in [-0.25, -0.2) is 4.98 Å². The van der Waals surface area contributed by atoms with Crippen molar-refractivity contribution in [3.8, 4) is 5.75 Å². The number of H-pyrrole nitrogens is 1. The number of para-hydroxylation sites is 1. The summed E-state index contributed by atoms with van der Waals surface area (Å²) < 4.78 is 10.7. The summed E-state index contributed by atoms with van der Waals surface area (Å²) in [6.07, 6.45) is 1.66. The Morgan fingerprint density at radius 2 is 2.09 bits per heavy atom. The van der Waals surface area contributed by atoms with Crippen molar-refractivity contribution >= 4 is 5.91 Å². The highest BCUT2D eigenvalue weighted by Gasteiger charge is 2.10. The Bertz CT molecular complexity index is 738. The topological polar surface area (TPSA) is 93.0 Å². The van der Waals surface area contributed by atoms with E-state index >= 15 is 0 Å². The van der Waals surface area contributed by atoms with Crippen LogP contribution in [-0.2, 0) is 24.4 Å². The summed E-state index contributed by atoms with van der Waals surface area (Å²) in [5.41, 5.74) is 0. The van der Waals surface area contributed by atoms with Crippen molar-refractivity contribution in [1.29, 1.82) is 0 Å². The highest BCUT2D eigenvalue weighted by Crippen LogP contribution is 2.10.